The summed E-state index contributed by atoms with van der Waals surface area (Å²) >= 11 is 0. The van der Waals surface area contributed by atoms with Crippen LogP contribution >= 0.6 is 0 Å². The normalized spacial score (nSPS) is 47.5. The molecule has 0 aromatic heterocycles. The van der Waals surface area contributed by atoms with Gasteiger partial charge in [0, 0.05) is 0 Å². The molecule has 6 saturated carbocycles. The van der Waals surface area contributed by atoms with Gasteiger partial charge in [0.25, 0.3) is 0 Å². The van der Waals surface area contributed by atoms with E-state index in [0.717, 1.165) is 94.7 Å². The second-order valence-corrected chi connectivity index (χ2v) is 19.9. The van der Waals surface area contributed by atoms with Crippen molar-refractivity contribution in [2.45, 2.75) is 188 Å². The largest absolute Gasteiger partial charge is 0.0882 e. The van der Waals surface area contributed by atoms with Crippen molar-refractivity contribution in [1.29, 1.82) is 0 Å². The van der Waals surface area contributed by atoms with E-state index in [9.17, 15) is 0 Å². The molecule has 16 atom stereocenters. The Balaban J connectivity index is 1.16. The van der Waals surface area contributed by atoms with Crippen LogP contribution in [-0.4, -0.2) is 0 Å². The van der Waals surface area contributed by atoms with Crippen molar-refractivity contribution < 1.29 is 0 Å². The molecular formula is C47H80. The molecule has 0 aromatic rings. The van der Waals surface area contributed by atoms with Crippen molar-refractivity contribution in [3.8, 4) is 0 Å². The predicted octanol–water partition coefficient (Wildman–Crippen LogP) is 14.3. The van der Waals surface area contributed by atoms with Crippen LogP contribution in [0.3, 0.4) is 0 Å². The van der Waals surface area contributed by atoms with E-state index in [1.807, 2.05) is 0 Å². The molecule has 0 aromatic carbocycles. The Labute approximate surface area is 294 Å². The van der Waals surface area contributed by atoms with Gasteiger partial charge in [-0.15, -0.1) is 0 Å². The summed E-state index contributed by atoms with van der Waals surface area (Å²) in [7, 11) is 0. The van der Waals surface area contributed by atoms with Crippen molar-refractivity contribution in [3.63, 3.8) is 0 Å². The highest BCUT2D eigenvalue weighted by Gasteiger charge is 2.56. The Morgan fingerprint density at radius 1 is 0.617 bits per heavy atom. The van der Waals surface area contributed by atoms with E-state index in [-0.39, 0.29) is 0 Å². The fourth-order valence-corrected chi connectivity index (χ4v) is 15.4. The molecule has 268 valence electrons. The number of fused-ring (bicyclic) bond motifs is 4. The summed E-state index contributed by atoms with van der Waals surface area (Å²) < 4.78 is 0. The first-order valence-corrected chi connectivity index (χ1v) is 22.7. The molecular weight excluding hydrogens is 565 g/mol. The highest BCUT2D eigenvalue weighted by atomic mass is 14.6. The van der Waals surface area contributed by atoms with Crippen LogP contribution in [0.4, 0.5) is 0 Å². The summed E-state index contributed by atoms with van der Waals surface area (Å²) in [6.07, 6.45) is 43.9. The van der Waals surface area contributed by atoms with Crippen LogP contribution in [0.15, 0.2) is 12.2 Å². The maximum absolute atomic E-state index is 2.76. The molecule has 0 heterocycles. The molecule has 0 aliphatic heterocycles. The SMILES string of the molecule is CCCCCC1CC(C(C)CCC2CCCC2C)C(CC)C2C1CCC1C(C3CCC4CCCCC4C3)CC(C3C=CCCC3)CC12. The molecule has 16 unspecified atom stereocenters. The van der Waals surface area contributed by atoms with E-state index < -0.39 is 0 Å². The maximum atomic E-state index is 2.76. The number of rotatable bonds is 11. The predicted molar refractivity (Wildman–Crippen MR) is 203 cm³/mol. The van der Waals surface area contributed by atoms with Crippen molar-refractivity contribution in [2.24, 2.45) is 94.7 Å². The second kappa shape index (κ2) is 16.4. The van der Waals surface area contributed by atoms with E-state index in [4.69, 9.17) is 0 Å². The summed E-state index contributed by atoms with van der Waals surface area (Å²) in [4.78, 5) is 0. The standard InChI is InChI=1S/C47H80/c1-5-7-9-20-38-29-44(33(4)22-23-34-21-14-15-32(34)3)41(6-2)47-42(38)26-27-43-45(39-25-24-36-18-12-13-19-37(36)28-39)30-40(31-46(43)47)35-16-10-8-11-17-35/h10,16,32-47H,5-9,11-15,17-31H2,1-4H3. The third-order valence-corrected chi connectivity index (χ3v) is 17.8. The zero-order chi connectivity index (χ0) is 32.3. The average molecular weight is 645 g/mol. The van der Waals surface area contributed by atoms with Crippen LogP contribution in [0.25, 0.3) is 0 Å². The lowest BCUT2D eigenvalue weighted by Crippen LogP contribution is -2.54. The lowest BCUT2D eigenvalue weighted by molar-refractivity contribution is -0.120. The van der Waals surface area contributed by atoms with Gasteiger partial charge in [0.2, 0.25) is 0 Å². The number of hydrogen-bond acceptors (Lipinski definition) is 0. The Hall–Kier alpha value is -0.260. The Morgan fingerprint density at radius 3 is 2.19 bits per heavy atom. The minimum absolute atomic E-state index is 0.908. The van der Waals surface area contributed by atoms with E-state index in [2.05, 4.69) is 39.8 Å². The van der Waals surface area contributed by atoms with Crippen LogP contribution in [0.5, 0.6) is 0 Å². The van der Waals surface area contributed by atoms with E-state index in [1.54, 1.807) is 77.0 Å². The lowest BCUT2D eigenvalue weighted by atomic mass is 9.44. The Kier molecular flexibility index (Phi) is 12.3. The minimum atomic E-state index is 0.908. The molecule has 6 fully saturated rings. The van der Waals surface area contributed by atoms with Gasteiger partial charge in [-0.3, -0.25) is 0 Å². The van der Waals surface area contributed by atoms with Crippen LogP contribution < -0.4 is 0 Å². The van der Waals surface area contributed by atoms with Gasteiger partial charge >= 0.3 is 0 Å². The van der Waals surface area contributed by atoms with Crippen LogP contribution in [0.2, 0.25) is 0 Å². The van der Waals surface area contributed by atoms with Gasteiger partial charge < -0.3 is 0 Å². The van der Waals surface area contributed by atoms with Crippen LogP contribution in [-0.2, 0) is 0 Å². The van der Waals surface area contributed by atoms with E-state index in [1.165, 1.54) is 83.5 Å². The zero-order valence-electron chi connectivity index (χ0n) is 32.1. The van der Waals surface area contributed by atoms with Gasteiger partial charge in [0.15, 0.2) is 0 Å². The third kappa shape index (κ3) is 7.68. The fraction of sp³-hybridized carbons (Fsp3) is 0.957. The quantitative estimate of drug-likeness (QED) is 0.155. The fourth-order valence-electron chi connectivity index (χ4n) is 15.4. The smallest absolute Gasteiger partial charge is 0.0205 e. The molecule has 7 aliphatic rings. The van der Waals surface area contributed by atoms with Crippen LogP contribution in [0.1, 0.15) is 188 Å². The van der Waals surface area contributed by atoms with Crippen LogP contribution in [0, 0.1) is 94.7 Å². The Morgan fingerprint density at radius 2 is 1.43 bits per heavy atom. The molecule has 0 bridgehead atoms. The van der Waals surface area contributed by atoms with Gasteiger partial charge in [-0.1, -0.05) is 123 Å². The molecule has 7 aliphatic carbocycles. The minimum Gasteiger partial charge on any atom is -0.0882 e. The van der Waals surface area contributed by atoms with Gasteiger partial charge in [-0.2, -0.15) is 0 Å². The average Bonchev–Trinajstić information content (AvgIpc) is 3.54. The molecule has 0 spiro atoms. The number of allylic oxidation sites excluding steroid dienone is 2. The number of hydrogen-bond donors (Lipinski definition) is 0. The van der Waals surface area contributed by atoms with Gasteiger partial charge in [-0.05, 0) is 172 Å². The molecule has 0 N–H and O–H groups in total. The van der Waals surface area contributed by atoms with E-state index >= 15 is 0 Å². The zero-order valence-corrected chi connectivity index (χ0v) is 32.1. The summed E-state index contributed by atoms with van der Waals surface area (Å²) in [6.45, 7) is 10.4. The highest BCUT2D eigenvalue weighted by Crippen LogP contribution is 2.64. The third-order valence-electron chi connectivity index (χ3n) is 17.8. The summed E-state index contributed by atoms with van der Waals surface area (Å²) in [5.74, 6) is 16.5. The Bertz CT molecular complexity index is 977. The number of unbranched alkanes of at least 4 members (excludes halogenated alkanes) is 2. The van der Waals surface area contributed by atoms with Crippen molar-refractivity contribution in [1.82, 2.24) is 0 Å². The summed E-state index contributed by atoms with van der Waals surface area (Å²) in [6, 6.07) is 0. The van der Waals surface area contributed by atoms with E-state index in [0.29, 0.717) is 0 Å². The first kappa shape index (κ1) is 35.2. The summed E-state index contributed by atoms with van der Waals surface area (Å²) in [5, 5.41) is 0. The lowest BCUT2D eigenvalue weighted by Gasteiger charge is -2.61. The molecule has 0 radical (unpaired) electrons. The summed E-state index contributed by atoms with van der Waals surface area (Å²) in [5.41, 5.74) is 0. The first-order valence-electron chi connectivity index (χ1n) is 22.7. The van der Waals surface area contributed by atoms with Gasteiger partial charge in [0.1, 0.15) is 0 Å². The van der Waals surface area contributed by atoms with Crippen molar-refractivity contribution >= 4 is 0 Å². The van der Waals surface area contributed by atoms with Crippen molar-refractivity contribution in [3.05, 3.63) is 12.2 Å². The molecule has 0 saturated heterocycles. The molecule has 0 nitrogen and oxygen atoms in total. The molecule has 7 rings (SSSR count). The maximum Gasteiger partial charge on any atom is -0.0205 e. The highest BCUT2D eigenvalue weighted by molar-refractivity contribution is 5.07. The monoisotopic (exact) mass is 645 g/mol. The molecule has 0 heteroatoms. The molecule has 0 amide bonds. The topological polar surface area (TPSA) is 0 Å². The molecule has 47 heavy (non-hydrogen) atoms. The second-order valence-electron chi connectivity index (χ2n) is 19.9. The van der Waals surface area contributed by atoms with Gasteiger partial charge in [-0.25, -0.2) is 0 Å². The first-order chi connectivity index (χ1) is 23.1. The van der Waals surface area contributed by atoms with Gasteiger partial charge in [0.05, 0.1) is 0 Å². The van der Waals surface area contributed by atoms with Crippen molar-refractivity contribution in [2.75, 3.05) is 0 Å².